The Labute approximate surface area is 111 Å². The van der Waals surface area contributed by atoms with Gasteiger partial charge in [-0.25, -0.2) is 8.42 Å². The second-order valence-electron chi connectivity index (χ2n) is 3.75. The topological polar surface area (TPSA) is 93.5 Å². The van der Waals surface area contributed by atoms with E-state index in [0.29, 0.717) is 16.9 Å². The number of hydrogen-bond donors (Lipinski definition) is 0. The third kappa shape index (κ3) is 4.26. The number of esters is 1. The van der Waals surface area contributed by atoms with Crippen LogP contribution in [0, 0.1) is 11.3 Å². The van der Waals surface area contributed by atoms with Crippen LogP contribution in [0.4, 0.5) is 0 Å². The van der Waals surface area contributed by atoms with E-state index in [1.165, 1.54) is 25.3 Å². The molecule has 0 fully saturated rings. The van der Waals surface area contributed by atoms with Crippen LogP contribution in [0.1, 0.15) is 11.1 Å². The molecule has 0 atom stereocenters. The predicted molar refractivity (Wildman–Crippen MR) is 67.2 cm³/mol. The largest absolute Gasteiger partial charge is 0.495 e. The first-order valence-electron chi connectivity index (χ1n) is 5.26. The molecule has 1 aromatic rings. The van der Waals surface area contributed by atoms with Crippen LogP contribution >= 0.6 is 0 Å². The number of benzene rings is 1. The number of carbonyl (C=O) groups excluding carboxylic acids is 1. The van der Waals surface area contributed by atoms with Crippen LogP contribution in [0.3, 0.4) is 0 Å². The van der Waals surface area contributed by atoms with Gasteiger partial charge in [0.2, 0.25) is 0 Å². The smallest absolute Gasteiger partial charge is 0.320 e. The van der Waals surface area contributed by atoms with E-state index < -0.39 is 21.6 Å². The molecule has 0 unspecified atom stereocenters. The van der Waals surface area contributed by atoms with Crippen LogP contribution in [-0.2, 0) is 25.1 Å². The summed E-state index contributed by atoms with van der Waals surface area (Å²) in [5, 5.41) is 8.81. The van der Waals surface area contributed by atoms with Gasteiger partial charge in [-0.1, -0.05) is 6.07 Å². The zero-order chi connectivity index (χ0) is 14.5. The summed E-state index contributed by atoms with van der Waals surface area (Å²) >= 11 is 0. The van der Waals surface area contributed by atoms with Gasteiger partial charge in [0.25, 0.3) is 0 Å². The molecule has 1 rings (SSSR count). The highest BCUT2D eigenvalue weighted by Gasteiger charge is 2.18. The first-order chi connectivity index (χ1) is 8.91. The Morgan fingerprint density at radius 2 is 2.05 bits per heavy atom. The van der Waals surface area contributed by atoms with E-state index in [-0.39, 0.29) is 5.75 Å². The van der Waals surface area contributed by atoms with E-state index in [2.05, 4.69) is 4.74 Å². The van der Waals surface area contributed by atoms with E-state index in [4.69, 9.17) is 10.00 Å². The van der Waals surface area contributed by atoms with Crippen molar-refractivity contribution in [2.24, 2.45) is 0 Å². The van der Waals surface area contributed by atoms with Crippen LogP contribution < -0.4 is 4.74 Å². The van der Waals surface area contributed by atoms with Crippen LogP contribution in [0.2, 0.25) is 0 Å². The molecule has 0 aromatic heterocycles. The van der Waals surface area contributed by atoms with Crippen molar-refractivity contribution in [3.05, 3.63) is 29.3 Å². The number of rotatable bonds is 5. The van der Waals surface area contributed by atoms with Crippen LogP contribution in [0.15, 0.2) is 18.2 Å². The second-order valence-corrected chi connectivity index (χ2v) is 5.82. The molecule has 1 aromatic carbocycles. The molecule has 0 heterocycles. The molecule has 0 N–H and O–H groups in total. The monoisotopic (exact) mass is 283 g/mol. The molecule has 7 heteroatoms. The number of carbonyl (C=O) groups is 1. The van der Waals surface area contributed by atoms with Crippen molar-refractivity contribution < 1.29 is 22.7 Å². The number of ether oxygens (including phenoxy) is 2. The van der Waals surface area contributed by atoms with Crippen molar-refractivity contribution >= 4 is 15.8 Å². The van der Waals surface area contributed by atoms with Gasteiger partial charge in [0, 0.05) is 0 Å². The van der Waals surface area contributed by atoms with Crippen molar-refractivity contribution in [2.75, 3.05) is 20.0 Å². The fraction of sp³-hybridized carbons (Fsp3) is 0.333. The first-order valence-corrected chi connectivity index (χ1v) is 7.08. The van der Waals surface area contributed by atoms with Gasteiger partial charge in [0.05, 0.1) is 25.5 Å². The van der Waals surface area contributed by atoms with E-state index in [1.54, 1.807) is 0 Å². The molecule has 0 saturated heterocycles. The predicted octanol–water partition coefficient (Wildman–Crippen LogP) is 0.655. The van der Waals surface area contributed by atoms with E-state index in [0.717, 1.165) is 7.11 Å². The summed E-state index contributed by atoms with van der Waals surface area (Å²) in [4.78, 5) is 11.0. The minimum Gasteiger partial charge on any atom is -0.495 e. The number of nitrogens with zero attached hydrogens (tertiary/aromatic N) is 1. The lowest BCUT2D eigenvalue weighted by atomic mass is 10.1. The van der Waals surface area contributed by atoms with Crippen molar-refractivity contribution in [1.29, 1.82) is 5.26 Å². The van der Waals surface area contributed by atoms with Crippen LogP contribution in [0.25, 0.3) is 0 Å². The van der Waals surface area contributed by atoms with Gasteiger partial charge < -0.3 is 9.47 Å². The Kier molecular flexibility index (Phi) is 4.89. The average molecular weight is 283 g/mol. The fourth-order valence-corrected chi connectivity index (χ4v) is 2.73. The molecule has 19 heavy (non-hydrogen) atoms. The highest BCUT2D eigenvalue weighted by Crippen LogP contribution is 2.20. The fourth-order valence-electron chi connectivity index (χ4n) is 1.46. The number of nitriles is 1. The second kappa shape index (κ2) is 6.20. The maximum Gasteiger partial charge on any atom is 0.320 e. The van der Waals surface area contributed by atoms with Gasteiger partial charge in [-0.3, -0.25) is 4.79 Å². The highest BCUT2D eigenvalue weighted by molar-refractivity contribution is 7.91. The van der Waals surface area contributed by atoms with Crippen molar-refractivity contribution in [3.63, 3.8) is 0 Å². The van der Waals surface area contributed by atoms with Gasteiger partial charge in [0.1, 0.15) is 17.6 Å². The van der Waals surface area contributed by atoms with Gasteiger partial charge in [-0.15, -0.1) is 0 Å². The van der Waals surface area contributed by atoms with Gasteiger partial charge >= 0.3 is 5.97 Å². The summed E-state index contributed by atoms with van der Waals surface area (Å²) < 4.78 is 32.7. The number of hydrogen-bond acceptors (Lipinski definition) is 6. The molecule has 6 nitrogen and oxygen atoms in total. The summed E-state index contributed by atoms with van der Waals surface area (Å²) in [7, 11) is -1.08. The summed E-state index contributed by atoms with van der Waals surface area (Å²) in [6, 6.07) is 6.38. The quantitative estimate of drug-likeness (QED) is 0.737. The molecule has 0 aliphatic rings. The zero-order valence-corrected chi connectivity index (χ0v) is 11.4. The Morgan fingerprint density at radius 3 is 2.58 bits per heavy atom. The Bertz CT molecular complexity index is 615. The summed E-state index contributed by atoms with van der Waals surface area (Å²) in [5.41, 5.74) is 0.761. The maximum absolute atomic E-state index is 11.7. The summed E-state index contributed by atoms with van der Waals surface area (Å²) in [5.74, 6) is -1.50. The molecule has 0 aliphatic heterocycles. The molecule has 0 amide bonds. The Morgan fingerprint density at radius 1 is 1.37 bits per heavy atom. The third-order valence-corrected chi connectivity index (χ3v) is 3.79. The molecule has 0 saturated carbocycles. The molecule has 102 valence electrons. The molecule has 0 radical (unpaired) electrons. The third-order valence-electron chi connectivity index (χ3n) is 2.34. The van der Waals surface area contributed by atoms with E-state index in [9.17, 15) is 13.2 Å². The maximum atomic E-state index is 11.7. The molecule has 0 aliphatic carbocycles. The van der Waals surface area contributed by atoms with Crippen molar-refractivity contribution in [3.8, 4) is 11.8 Å². The van der Waals surface area contributed by atoms with Crippen LogP contribution in [0.5, 0.6) is 5.75 Å². The van der Waals surface area contributed by atoms with Crippen molar-refractivity contribution in [1.82, 2.24) is 0 Å². The summed E-state index contributed by atoms with van der Waals surface area (Å²) in [6.07, 6.45) is 0. The van der Waals surface area contributed by atoms with Gasteiger partial charge in [0.15, 0.2) is 9.84 Å². The molecular formula is C12H13NO5S. The van der Waals surface area contributed by atoms with Crippen molar-refractivity contribution in [2.45, 2.75) is 5.75 Å². The van der Waals surface area contributed by atoms with E-state index >= 15 is 0 Å². The highest BCUT2D eigenvalue weighted by atomic mass is 32.2. The molecule has 0 spiro atoms. The lowest BCUT2D eigenvalue weighted by Gasteiger charge is -2.07. The minimum atomic E-state index is -3.60. The van der Waals surface area contributed by atoms with Crippen LogP contribution in [-0.4, -0.2) is 34.4 Å². The Balaban J connectivity index is 2.95. The molecule has 0 bridgehead atoms. The number of sulfone groups is 1. The lowest BCUT2D eigenvalue weighted by Crippen LogP contribution is -2.18. The van der Waals surface area contributed by atoms with Gasteiger partial charge in [-0.05, 0) is 17.7 Å². The first kappa shape index (κ1) is 15.0. The van der Waals surface area contributed by atoms with E-state index in [1.807, 2.05) is 6.07 Å². The lowest BCUT2D eigenvalue weighted by molar-refractivity contribution is -0.137. The SMILES string of the molecule is COC(=O)CS(=O)(=O)Cc1ccc(C#N)c(OC)c1. The zero-order valence-electron chi connectivity index (χ0n) is 10.5. The number of methoxy groups -OCH3 is 2. The molecular weight excluding hydrogens is 270 g/mol. The van der Waals surface area contributed by atoms with Gasteiger partial charge in [-0.2, -0.15) is 5.26 Å². The standard InChI is InChI=1S/C12H13NO5S/c1-17-11-5-9(3-4-10(11)6-13)7-19(15,16)8-12(14)18-2/h3-5H,7-8H2,1-2H3. The normalized spacial score (nSPS) is 10.6. The summed E-state index contributed by atoms with van der Waals surface area (Å²) in [6.45, 7) is 0. The average Bonchev–Trinajstić information content (AvgIpc) is 2.37. The minimum absolute atomic E-state index is 0.299. The Hall–Kier alpha value is -2.07.